The van der Waals surface area contributed by atoms with Crippen LogP contribution in [-0.4, -0.2) is 46.3 Å². The maximum atomic E-state index is 12.4. The molecule has 0 aromatic rings. The van der Waals surface area contributed by atoms with Crippen LogP contribution in [0.1, 0.15) is 79.1 Å². The van der Waals surface area contributed by atoms with Crippen molar-refractivity contribution >= 4 is 24.0 Å². The lowest BCUT2D eigenvalue weighted by atomic mass is 9.76. The van der Waals surface area contributed by atoms with Crippen LogP contribution in [0.2, 0.25) is 0 Å². The predicted octanol–water partition coefficient (Wildman–Crippen LogP) is 4.84. The van der Waals surface area contributed by atoms with Crippen molar-refractivity contribution in [1.29, 1.82) is 0 Å². The van der Waals surface area contributed by atoms with Crippen molar-refractivity contribution in [1.82, 2.24) is 0 Å². The van der Waals surface area contributed by atoms with Gasteiger partial charge in [0.05, 0.1) is 23.2 Å². The number of aliphatic hydroxyl groups excluding tert-OH is 2. The number of nitrogens with zero attached hydrogens (tertiary/aromatic N) is 2. The van der Waals surface area contributed by atoms with Gasteiger partial charge in [-0.3, -0.25) is 19.6 Å². The Labute approximate surface area is 178 Å². The molecule has 2 unspecified atom stereocenters. The molecule has 0 spiro atoms. The topological polar surface area (TPSA) is 99.3 Å². The molecule has 0 amide bonds. The summed E-state index contributed by atoms with van der Waals surface area (Å²) in [7, 11) is 0. The molecule has 3 aliphatic rings. The zero-order valence-electron chi connectivity index (χ0n) is 18.6. The first-order valence-electron chi connectivity index (χ1n) is 10.9. The summed E-state index contributed by atoms with van der Waals surface area (Å²) in [5.41, 5.74) is 0.167. The fourth-order valence-electron chi connectivity index (χ4n) is 4.68. The number of aliphatic imine (C=N–C) groups is 2. The molecule has 1 saturated carbocycles. The van der Waals surface area contributed by atoms with Gasteiger partial charge in [-0.1, -0.05) is 40.5 Å². The first-order valence-corrected chi connectivity index (χ1v) is 10.9. The molecule has 3 aliphatic carbocycles. The van der Waals surface area contributed by atoms with E-state index in [4.69, 9.17) is 0 Å². The summed E-state index contributed by atoms with van der Waals surface area (Å²) in [5, 5.41) is 20.6. The number of Topliss-reactive ketones (excluding diaryl/α,β-unsaturated/α-hetero) is 2. The van der Waals surface area contributed by atoms with Crippen LogP contribution in [0.3, 0.4) is 0 Å². The van der Waals surface area contributed by atoms with E-state index in [1.807, 2.05) is 27.7 Å². The van der Waals surface area contributed by atoms with Crippen LogP contribution in [-0.2, 0) is 9.59 Å². The molecule has 1 fully saturated rings. The Kier molecular flexibility index (Phi) is 6.34. The lowest BCUT2D eigenvalue weighted by Crippen LogP contribution is -2.30. The summed E-state index contributed by atoms with van der Waals surface area (Å²) >= 11 is 0. The van der Waals surface area contributed by atoms with Crippen LogP contribution in [0.5, 0.6) is 0 Å². The largest absolute Gasteiger partial charge is 0.511 e. The van der Waals surface area contributed by atoms with E-state index < -0.39 is 0 Å². The zero-order valence-corrected chi connectivity index (χ0v) is 18.6. The molecule has 0 saturated heterocycles. The van der Waals surface area contributed by atoms with Gasteiger partial charge in [-0.15, -0.1) is 0 Å². The van der Waals surface area contributed by atoms with Crippen molar-refractivity contribution in [2.24, 2.45) is 20.8 Å². The molecule has 0 aromatic carbocycles. The molecule has 30 heavy (non-hydrogen) atoms. The highest BCUT2D eigenvalue weighted by Gasteiger charge is 2.34. The van der Waals surface area contributed by atoms with Crippen LogP contribution in [0.4, 0.5) is 0 Å². The summed E-state index contributed by atoms with van der Waals surface area (Å²) in [4.78, 5) is 34.1. The van der Waals surface area contributed by atoms with Crippen molar-refractivity contribution in [2.45, 2.75) is 91.1 Å². The quantitative estimate of drug-likeness (QED) is 0.643. The molecule has 164 valence electrons. The van der Waals surface area contributed by atoms with E-state index in [0.29, 0.717) is 36.8 Å². The monoisotopic (exact) mass is 414 g/mol. The number of carbonyl (C=O) groups is 2. The summed E-state index contributed by atoms with van der Waals surface area (Å²) in [5.74, 6) is 0.0745. The van der Waals surface area contributed by atoms with E-state index in [9.17, 15) is 19.8 Å². The second kappa shape index (κ2) is 8.48. The molecule has 0 heterocycles. The van der Waals surface area contributed by atoms with Gasteiger partial charge in [-0.25, -0.2) is 0 Å². The van der Waals surface area contributed by atoms with Crippen molar-refractivity contribution in [3.63, 3.8) is 0 Å². The van der Waals surface area contributed by atoms with Crippen molar-refractivity contribution < 1.29 is 19.8 Å². The van der Waals surface area contributed by atoms with Gasteiger partial charge in [-0.2, -0.15) is 0 Å². The van der Waals surface area contributed by atoms with E-state index >= 15 is 0 Å². The highest BCUT2D eigenvalue weighted by atomic mass is 16.3. The smallest absolute Gasteiger partial charge is 0.168 e. The maximum Gasteiger partial charge on any atom is 0.168 e. The van der Waals surface area contributed by atoms with Gasteiger partial charge in [0.1, 0.15) is 11.5 Å². The Morgan fingerprint density at radius 1 is 0.733 bits per heavy atom. The first kappa shape index (κ1) is 22.4. The molecule has 3 rings (SSSR count). The Balaban J connectivity index is 1.76. The molecule has 6 heteroatoms. The van der Waals surface area contributed by atoms with E-state index in [1.54, 1.807) is 0 Å². The van der Waals surface area contributed by atoms with Crippen LogP contribution in [0, 0.1) is 10.8 Å². The van der Waals surface area contributed by atoms with Crippen molar-refractivity contribution in [3.8, 4) is 0 Å². The van der Waals surface area contributed by atoms with Crippen molar-refractivity contribution in [2.75, 3.05) is 0 Å². The number of aliphatic hydroxyl groups is 2. The number of allylic oxidation sites excluding steroid dienone is 4. The summed E-state index contributed by atoms with van der Waals surface area (Å²) < 4.78 is 0. The van der Waals surface area contributed by atoms with Gasteiger partial charge in [0.2, 0.25) is 0 Å². The number of carbonyl (C=O) groups excluding carboxylic acids is 2. The normalized spacial score (nSPS) is 30.0. The third kappa shape index (κ3) is 5.27. The standard InChI is InChI=1S/C24H34N2O4/c1-23(2)9-19(27)15(20(28)10-23)13-25-17-7-5-6-8-18(17)26-14-16-21(29)11-24(3,4)12-22(16)30/h13-14,17-18,27,29H,5-12H2,1-4H3. The number of hydrogen-bond acceptors (Lipinski definition) is 6. The molecule has 0 bridgehead atoms. The predicted molar refractivity (Wildman–Crippen MR) is 118 cm³/mol. The van der Waals surface area contributed by atoms with Crippen LogP contribution in [0.15, 0.2) is 32.6 Å². The lowest BCUT2D eigenvalue weighted by molar-refractivity contribution is -0.118. The van der Waals surface area contributed by atoms with Crippen LogP contribution < -0.4 is 0 Å². The third-order valence-electron chi connectivity index (χ3n) is 6.28. The number of rotatable bonds is 4. The lowest BCUT2D eigenvalue weighted by Gasteiger charge is -2.30. The number of ketones is 2. The summed E-state index contributed by atoms with van der Waals surface area (Å²) in [6, 6.07) is -0.202. The molecule has 0 radical (unpaired) electrons. The van der Waals surface area contributed by atoms with E-state index in [2.05, 4.69) is 9.98 Å². The molecule has 0 aromatic heterocycles. The molecule has 2 atom stereocenters. The van der Waals surface area contributed by atoms with E-state index in [-0.39, 0.29) is 46.0 Å². The van der Waals surface area contributed by atoms with Crippen molar-refractivity contribution in [3.05, 3.63) is 22.7 Å². The van der Waals surface area contributed by atoms with Gasteiger partial charge in [0.25, 0.3) is 0 Å². The summed E-state index contributed by atoms with van der Waals surface area (Å²) in [6.45, 7) is 7.88. The molecular weight excluding hydrogens is 380 g/mol. The van der Waals surface area contributed by atoms with Gasteiger partial charge in [-0.05, 0) is 23.7 Å². The Morgan fingerprint density at radius 2 is 1.10 bits per heavy atom. The SMILES string of the molecule is CC1(C)CC(=O)C(C=NC2CCCCC2N=CC2=C(O)CC(C)(C)CC2=O)=C(O)C1. The minimum Gasteiger partial charge on any atom is -0.511 e. The summed E-state index contributed by atoms with van der Waals surface area (Å²) in [6.07, 6.45) is 8.54. The second-order valence-corrected chi connectivity index (χ2v) is 10.6. The fourth-order valence-corrected chi connectivity index (χ4v) is 4.68. The Hall–Kier alpha value is -2.24. The van der Waals surface area contributed by atoms with E-state index in [0.717, 1.165) is 25.7 Å². The van der Waals surface area contributed by atoms with Crippen LogP contribution >= 0.6 is 0 Å². The highest BCUT2D eigenvalue weighted by Crippen LogP contribution is 2.36. The van der Waals surface area contributed by atoms with Gasteiger partial charge < -0.3 is 10.2 Å². The second-order valence-electron chi connectivity index (χ2n) is 10.6. The maximum absolute atomic E-state index is 12.4. The molecular formula is C24H34N2O4. The minimum atomic E-state index is -0.229. The van der Waals surface area contributed by atoms with E-state index in [1.165, 1.54) is 12.4 Å². The first-order chi connectivity index (χ1) is 14.0. The zero-order chi connectivity index (χ0) is 22.1. The minimum absolute atomic E-state index is 0.0751. The average Bonchev–Trinajstić information content (AvgIpc) is 2.59. The third-order valence-corrected chi connectivity index (χ3v) is 6.28. The van der Waals surface area contributed by atoms with Crippen LogP contribution in [0.25, 0.3) is 0 Å². The molecule has 0 aliphatic heterocycles. The fraction of sp³-hybridized carbons (Fsp3) is 0.667. The van der Waals surface area contributed by atoms with Gasteiger partial charge in [0.15, 0.2) is 11.6 Å². The molecule has 6 nitrogen and oxygen atoms in total. The average molecular weight is 415 g/mol. The number of hydrogen-bond donors (Lipinski definition) is 2. The highest BCUT2D eigenvalue weighted by molar-refractivity contribution is 6.15. The Morgan fingerprint density at radius 3 is 1.43 bits per heavy atom. The Bertz CT molecular complexity index is 775. The van der Waals surface area contributed by atoms with Gasteiger partial charge >= 0.3 is 0 Å². The molecule has 2 N–H and O–H groups in total. The van der Waals surface area contributed by atoms with Gasteiger partial charge in [0, 0.05) is 38.1 Å².